The second kappa shape index (κ2) is 5.53. The number of aromatic nitrogens is 3. The fourth-order valence-corrected chi connectivity index (χ4v) is 3.48. The van der Waals surface area contributed by atoms with Gasteiger partial charge in [-0.1, -0.05) is 40.7 Å². The Morgan fingerprint density at radius 1 is 1.23 bits per heavy atom. The maximum atomic E-state index is 4.98. The molecule has 0 bridgehead atoms. The van der Waals surface area contributed by atoms with Crippen LogP contribution in [0.5, 0.6) is 0 Å². The Bertz CT molecular complexity index is 647. The lowest BCUT2D eigenvalue weighted by atomic mass is 9.77. The van der Waals surface area contributed by atoms with Crippen LogP contribution < -0.4 is 0 Å². The SMILES string of the molecule is CC(C)C1CCc2c(C(C)(C)C)nn(-c3ccccn3)c2C1. The van der Waals surface area contributed by atoms with E-state index in [2.05, 4.69) is 50.4 Å². The summed E-state index contributed by atoms with van der Waals surface area (Å²) in [5.74, 6) is 2.41. The number of pyridine rings is 1. The van der Waals surface area contributed by atoms with Crippen LogP contribution in [-0.2, 0) is 18.3 Å². The van der Waals surface area contributed by atoms with E-state index >= 15 is 0 Å². The molecule has 0 N–H and O–H groups in total. The summed E-state index contributed by atoms with van der Waals surface area (Å²) in [6.45, 7) is 11.4. The van der Waals surface area contributed by atoms with E-state index in [4.69, 9.17) is 5.10 Å². The number of hydrogen-bond donors (Lipinski definition) is 0. The van der Waals surface area contributed by atoms with E-state index < -0.39 is 0 Å². The standard InChI is InChI=1S/C19H27N3/c1-13(2)14-9-10-15-16(12-14)22(17-8-6-7-11-20-17)21-18(15)19(3,4)5/h6-8,11,13-14H,9-10,12H2,1-5H3. The molecule has 0 aliphatic heterocycles. The minimum absolute atomic E-state index is 0.0782. The lowest BCUT2D eigenvalue weighted by Crippen LogP contribution is -2.22. The van der Waals surface area contributed by atoms with E-state index in [0.29, 0.717) is 0 Å². The molecule has 3 nitrogen and oxygen atoms in total. The zero-order valence-corrected chi connectivity index (χ0v) is 14.4. The molecule has 1 aliphatic rings. The highest BCUT2D eigenvalue weighted by atomic mass is 15.3. The number of fused-ring (bicyclic) bond motifs is 1. The molecule has 2 aromatic heterocycles. The molecular weight excluding hydrogens is 270 g/mol. The van der Waals surface area contributed by atoms with Crippen LogP contribution in [0, 0.1) is 11.8 Å². The highest BCUT2D eigenvalue weighted by Gasteiger charge is 2.32. The Kier molecular flexibility index (Phi) is 3.84. The molecule has 0 spiro atoms. The predicted molar refractivity (Wildman–Crippen MR) is 90.4 cm³/mol. The van der Waals surface area contributed by atoms with Crippen molar-refractivity contribution in [2.24, 2.45) is 11.8 Å². The highest BCUT2D eigenvalue weighted by Crippen LogP contribution is 2.36. The van der Waals surface area contributed by atoms with Crippen molar-refractivity contribution in [2.75, 3.05) is 0 Å². The van der Waals surface area contributed by atoms with Crippen LogP contribution in [0.2, 0.25) is 0 Å². The first kappa shape index (κ1) is 15.3. The molecule has 1 aliphatic carbocycles. The van der Waals surface area contributed by atoms with Gasteiger partial charge in [-0.05, 0) is 48.8 Å². The molecule has 0 saturated heterocycles. The quantitative estimate of drug-likeness (QED) is 0.826. The van der Waals surface area contributed by atoms with E-state index in [0.717, 1.165) is 30.5 Å². The first-order valence-corrected chi connectivity index (χ1v) is 8.40. The lowest BCUT2D eigenvalue weighted by molar-refractivity contribution is 0.336. The van der Waals surface area contributed by atoms with Gasteiger partial charge in [0.2, 0.25) is 0 Å². The van der Waals surface area contributed by atoms with Gasteiger partial charge in [0.25, 0.3) is 0 Å². The molecule has 3 rings (SSSR count). The van der Waals surface area contributed by atoms with E-state index in [1.54, 1.807) is 0 Å². The van der Waals surface area contributed by atoms with Crippen LogP contribution in [-0.4, -0.2) is 14.8 Å². The van der Waals surface area contributed by atoms with Gasteiger partial charge < -0.3 is 0 Å². The van der Waals surface area contributed by atoms with Crippen LogP contribution in [0.15, 0.2) is 24.4 Å². The van der Waals surface area contributed by atoms with E-state index in [-0.39, 0.29) is 5.41 Å². The van der Waals surface area contributed by atoms with Gasteiger partial charge in [0.1, 0.15) is 0 Å². The maximum absolute atomic E-state index is 4.98. The third kappa shape index (κ3) is 2.69. The van der Waals surface area contributed by atoms with Gasteiger partial charge in [0.15, 0.2) is 5.82 Å². The number of nitrogens with zero attached hydrogens (tertiary/aromatic N) is 3. The molecule has 2 aromatic rings. The molecule has 0 aromatic carbocycles. The van der Waals surface area contributed by atoms with Crippen LogP contribution >= 0.6 is 0 Å². The largest absolute Gasteiger partial charge is 0.237 e. The lowest BCUT2D eigenvalue weighted by Gasteiger charge is -2.27. The van der Waals surface area contributed by atoms with E-state index in [1.807, 2.05) is 18.3 Å². The average Bonchev–Trinajstić information content (AvgIpc) is 2.86. The summed E-state index contributed by atoms with van der Waals surface area (Å²) in [6, 6.07) is 6.05. The molecule has 3 heteroatoms. The second-order valence-electron chi connectivity index (χ2n) is 7.87. The Labute approximate surface area is 133 Å². The van der Waals surface area contributed by atoms with Crippen molar-refractivity contribution in [2.45, 2.75) is 59.3 Å². The molecular formula is C19H27N3. The molecule has 0 saturated carbocycles. The number of rotatable bonds is 2. The van der Waals surface area contributed by atoms with Crippen molar-refractivity contribution in [3.63, 3.8) is 0 Å². The summed E-state index contributed by atoms with van der Waals surface area (Å²) in [4.78, 5) is 4.52. The van der Waals surface area contributed by atoms with Gasteiger partial charge in [-0.3, -0.25) is 0 Å². The van der Waals surface area contributed by atoms with E-state index in [9.17, 15) is 0 Å². The van der Waals surface area contributed by atoms with Crippen molar-refractivity contribution in [3.8, 4) is 5.82 Å². The highest BCUT2D eigenvalue weighted by molar-refractivity contribution is 5.38. The van der Waals surface area contributed by atoms with Crippen LogP contribution in [0.3, 0.4) is 0 Å². The predicted octanol–water partition coefficient (Wildman–Crippen LogP) is 4.33. The minimum Gasteiger partial charge on any atom is -0.237 e. The molecule has 2 heterocycles. The van der Waals surface area contributed by atoms with Crippen molar-refractivity contribution in [1.29, 1.82) is 0 Å². The van der Waals surface area contributed by atoms with Crippen molar-refractivity contribution in [3.05, 3.63) is 41.3 Å². The number of hydrogen-bond acceptors (Lipinski definition) is 2. The van der Waals surface area contributed by atoms with Gasteiger partial charge in [-0.2, -0.15) is 5.10 Å². The minimum atomic E-state index is 0.0782. The van der Waals surface area contributed by atoms with Gasteiger partial charge in [-0.15, -0.1) is 0 Å². The molecule has 118 valence electrons. The van der Waals surface area contributed by atoms with E-state index in [1.165, 1.54) is 23.4 Å². The molecule has 1 unspecified atom stereocenters. The normalized spacial score (nSPS) is 18.5. The van der Waals surface area contributed by atoms with Gasteiger partial charge in [-0.25, -0.2) is 9.67 Å². The summed E-state index contributed by atoms with van der Waals surface area (Å²) < 4.78 is 2.10. The van der Waals surface area contributed by atoms with Gasteiger partial charge in [0, 0.05) is 17.3 Å². The summed E-state index contributed by atoms with van der Waals surface area (Å²) in [5, 5.41) is 4.98. The molecule has 1 atom stereocenters. The fourth-order valence-electron chi connectivity index (χ4n) is 3.48. The smallest absolute Gasteiger partial charge is 0.153 e. The van der Waals surface area contributed by atoms with Crippen molar-refractivity contribution < 1.29 is 0 Å². The second-order valence-corrected chi connectivity index (χ2v) is 7.87. The monoisotopic (exact) mass is 297 g/mol. The summed E-state index contributed by atoms with van der Waals surface area (Å²) in [6.07, 6.45) is 5.40. The average molecular weight is 297 g/mol. The van der Waals surface area contributed by atoms with Crippen LogP contribution in [0.25, 0.3) is 5.82 Å². The molecule has 0 fully saturated rings. The zero-order chi connectivity index (χ0) is 15.9. The summed E-state index contributed by atoms with van der Waals surface area (Å²) >= 11 is 0. The first-order chi connectivity index (χ1) is 10.4. The Morgan fingerprint density at radius 3 is 2.59 bits per heavy atom. The van der Waals surface area contributed by atoms with Gasteiger partial charge in [0.05, 0.1) is 5.69 Å². The Morgan fingerprint density at radius 2 is 2.00 bits per heavy atom. The summed E-state index contributed by atoms with van der Waals surface area (Å²) in [7, 11) is 0. The first-order valence-electron chi connectivity index (χ1n) is 8.40. The van der Waals surface area contributed by atoms with Crippen molar-refractivity contribution in [1.82, 2.24) is 14.8 Å². The third-order valence-electron chi connectivity index (χ3n) is 4.83. The molecule has 0 radical (unpaired) electrons. The molecule has 22 heavy (non-hydrogen) atoms. The molecule has 0 amide bonds. The van der Waals surface area contributed by atoms with Crippen LogP contribution in [0.1, 0.15) is 58.0 Å². The summed E-state index contributed by atoms with van der Waals surface area (Å²) in [5.41, 5.74) is 4.17. The Balaban J connectivity index is 2.13. The Hall–Kier alpha value is -1.64. The van der Waals surface area contributed by atoms with Gasteiger partial charge >= 0.3 is 0 Å². The third-order valence-corrected chi connectivity index (χ3v) is 4.83. The van der Waals surface area contributed by atoms with Crippen LogP contribution in [0.4, 0.5) is 0 Å². The topological polar surface area (TPSA) is 30.7 Å². The zero-order valence-electron chi connectivity index (χ0n) is 14.4. The fraction of sp³-hybridized carbons (Fsp3) is 0.579. The van der Waals surface area contributed by atoms with Crippen molar-refractivity contribution >= 4 is 0 Å². The maximum Gasteiger partial charge on any atom is 0.153 e.